The summed E-state index contributed by atoms with van der Waals surface area (Å²) in [5, 5.41) is 16.7. The van der Waals surface area contributed by atoms with Crippen LogP contribution in [0.4, 0.5) is 0 Å². The molecule has 0 aromatic rings. The Morgan fingerprint density at radius 2 is 2.22 bits per heavy atom. The quantitative estimate of drug-likeness (QED) is 0.633. The van der Waals surface area contributed by atoms with Crippen LogP contribution in [-0.4, -0.2) is 50.1 Å². The third-order valence-electron chi connectivity index (χ3n) is 4.53. The second-order valence-electron chi connectivity index (χ2n) is 5.73. The Balaban J connectivity index is 1.82. The average molecular weight is 256 g/mol. The summed E-state index contributed by atoms with van der Waals surface area (Å²) in [5.74, 6) is 0.754. The van der Waals surface area contributed by atoms with Crippen LogP contribution in [0.1, 0.15) is 38.5 Å². The van der Waals surface area contributed by atoms with Crippen LogP contribution in [0.5, 0.6) is 0 Å². The fourth-order valence-electron chi connectivity index (χ4n) is 3.54. The van der Waals surface area contributed by atoms with Gasteiger partial charge in [0, 0.05) is 31.8 Å². The Bertz CT molecular complexity index is 232. The fourth-order valence-corrected chi connectivity index (χ4v) is 3.54. The number of ether oxygens (including phenoxy) is 1. The van der Waals surface area contributed by atoms with E-state index in [0.717, 1.165) is 18.9 Å². The van der Waals surface area contributed by atoms with E-state index in [4.69, 9.17) is 4.74 Å². The molecule has 1 aliphatic carbocycles. The Kier molecular flexibility index (Phi) is 5.89. The van der Waals surface area contributed by atoms with Gasteiger partial charge in [-0.25, -0.2) is 0 Å². The van der Waals surface area contributed by atoms with Crippen molar-refractivity contribution in [2.45, 2.75) is 56.7 Å². The third-order valence-corrected chi connectivity index (χ3v) is 4.53. The van der Waals surface area contributed by atoms with Crippen molar-refractivity contribution in [3.05, 3.63) is 0 Å². The van der Waals surface area contributed by atoms with Gasteiger partial charge < -0.3 is 20.5 Å². The van der Waals surface area contributed by atoms with E-state index in [9.17, 15) is 5.11 Å². The molecule has 0 spiro atoms. The van der Waals surface area contributed by atoms with E-state index in [2.05, 4.69) is 10.6 Å². The second kappa shape index (κ2) is 7.43. The van der Waals surface area contributed by atoms with Gasteiger partial charge in [0.2, 0.25) is 0 Å². The van der Waals surface area contributed by atoms with Gasteiger partial charge in [0.1, 0.15) is 0 Å². The molecule has 1 aliphatic heterocycles. The van der Waals surface area contributed by atoms with Crippen LogP contribution in [0.25, 0.3) is 0 Å². The molecule has 4 atom stereocenters. The SMILES string of the molecule is COCCC(CO)NC1CCCC1C1CCCN1. The molecule has 2 fully saturated rings. The smallest absolute Gasteiger partial charge is 0.0585 e. The van der Waals surface area contributed by atoms with Crippen molar-refractivity contribution in [1.29, 1.82) is 0 Å². The second-order valence-corrected chi connectivity index (χ2v) is 5.73. The first-order chi connectivity index (χ1) is 8.85. The number of hydrogen-bond donors (Lipinski definition) is 3. The standard InChI is InChI=1S/C14H28N2O2/c1-18-9-7-11(10-17)16-14-5-2-4-12(14)13-6-3-8-15-13/h11-17H,2-10H2,1H3. The van der Waals surface area contributed by atoms with Gasteiger partial charge in [0.05, 0.1) is 6.61 Å². The molecular formula is C14H28N2O2. The monoisotopic (exact) mass is 256 g/mol. The van der Waals surface area contributed by atoms with Crippen LogP contribution in [0.3, 0.4) is 0 Å². The number of nitrogens with one attached hydrogen (secondary N) is 2. The van der Waals surface area contributed by atoms with Crippen molar-refractivity contribution in [3.8, 4) is 0 Å². The van der Waals surface area contributed by atoms with Crippen LogP contribution >= 0.6 is 0 Å². The van der Waals surface area contributed by atoms with E-state index in [1.54, 1.807) is 7.11 Å². The molecule has 18 heavy (non-hydrogen) atoms. The van der Waals surface area contributed by atoms with Gasteiger partial charge in [-0.3, -0.25) is 0 Å². The molecule has 2 rings (SSSR count). The largest absolute Gasteiger partial charge is 0.395 e. The van der Waals surface area contributed by atoms with Crippen molar-refractivity contribution in [1.82, 2.24) is 10.6 Å². The number of aliphatic hydroxyl groups excluding tert-OH is 1. The third kappa shape index (κ3) is 3.67. The minimum Gasteiger partial charge on any atom is -0.395 e. The lowest BCUT2D eigenvalue weighted by Gasteiger charge is -2.30. The van der Waals surface area contributed by atoms with E-state index in [1.807, 2.05) is 0 Å². The van der Waals surface area contributed by atoms with Crippen molar-refractivity contribution in [3.63, 3.8) is 0 Å². The summed E-state index contributed by atoms with van der Waals surface area (Å²) in [4.78, 5) is 0. The zero-order valence-electron chi connectivity index (χ0n) is 11.5. The van der Waals surface area contributed by atoms with Crippen LogP contribution < -0.4 is 10.6 Å². The van der Waals surface area contributed by atoms with E-state index >= 15 is 0 Å². The normalized spacial score (nSPS) is 34.0. The molecule has 0 aromatic carbocycles. The van der Waals surface area contributed by atoms with E-state index in [0.29, 0.717) is 12.1 Å². The van der Waals surface area contributed by atoms with Crippen LogP contribution in [0.15, 0.2) is 0 Å². The lowest BCUT2D eigenvalue weighted by Crippen LogP contribution is -2.47. The molecule has 0 aromatic heterocycles. The van der Waals surface area contributed by atoms with Gasteiger partial charge in [-0.05, 0) is 44.6 Å². The van der Waals surface area contributed by atoms with Crippen molar-refractivity contribution >= 4 is 0 Å². The Labute approximate surface area is 110 Å². The van der Waals surface area contributed by atoms with Crippen molar-refractivity contribution < 1.29 is 9.84 Å². The molecule has 1 saturated carbocycles. The number of rotatable bonds is 7. The van der Waals surface area contributed by atoms with Crippen LogP contribution in [0.2, 0.25) is 0 Å². The number of hydrogen-bond acceptors (Lipinski definition) is 4. The lowest BCUT2D eigenvalue weighted by atomic mass is 9.92. The maximum absolute atomic E-state index is 9.43. The first-order valence-electron chi connectivity index (χ1n) is 7.44. The van der Waals surface area contributed by atoms with Crippen molar-refractivity contribution in [2.24, 2.45) is 5.92 Å². The van der Waals surface area contributed by atoms with Crippen LogP contribution in [0, 0.1) is 5.92 Å². The van der Waals surface area contributed by atoms with Gasteiger partial charge in [0.15, 0.2) is 0 Å². The van der Waals surface area contributed by atoms with E-state index in [-0.39, 0.29) is 12.6 Å². The highest BCUT2D eigenvalue weighted by Gasteiger charge is 2.35. The first kappa shape index (κ1) is 14.3. The number of methoxy groups -OCH3 is 1. The Morgan fingerprint density at radius 1 is 1.33 bits per heavy atom. The number of aliphatic hydroxyl groups is 1. The maximum atomic E-state index is 9.43. The highest BCUT2D eigenvalue weighted by Crippen LogP contribution is 2.32. The van der Waals surface area contributed by atoms with E-state index < -0.39 is 0 Å². The summed E-state index contributed by atoms with van der Waals surface area (Å²) in [5.41, 5.74) is 0. The molecule has 106 valence electrons. The molecule has 3 N–H and O–H groups in total. The van der Waals surface area contributed by atoms with Gasteiger partial charge in [0.25, 0.3) is 0 Å². The molecule has 4 heteroatoms. The van der Waals surface area contributed by atoms with Gasteiger partial charge in [-0.1, -0.05) is 6.42 Å². The zero-order valence-corrected chi connectivity index (χ0v) is 11.5. The van der Waals surface area contributed by atoms with Gasteiger partial charge in [-0.15, -0.1) is 0 Å². The molecule has 0 amide bonds. The summed E-state index contributed by atoms with van der Waals surface area (Å²) < 4.78 is 5.10. The summed E-state index contributed by atoms with van der Waals surface area (Å²) in [6.45, 7) is 2.11. The summed E-state index contributed by atoms with van der Waals surface area (Å²) in [6.07, 6.45) is 7.45. The van der Waals surface area contributed by atoms with E-state index in [1.165, 1.54) is 38.6 Å². The molecule has 1 saturated heterocycles. The van der Waals surface area contributed by atoms with Crippen molar-refractivity contribution in [2.75, 3.05) is 26.9 Å². The minimum atomic E-state index is 0.192. The van der Waals surface area contributed by atoms with Gasteiger partial charge in [-0.2, -0.15) is 0 Å². The topological polar surface area (TPSA) is 53.5 Å². The predicted octanol–water partition coefficient (Wildman–Crippen LogP) is 0.894. The first-order valence-corrected chi connectivity index (χ1v) is 7.44. The summed E-state index contributed by atoms with van der Waals surface area (Å²) in [7, 11) is 1.72. The predicted molar refractivity (Wildman–Crippen MR) is 72.7 cm³/mol. The lowest BCUT2D eigenvalue weighted by molar-refractivity contribution is 0.149. The molecule has 2 aliphatic rings. The Morgan fingerprint density at radius 3 is 2.89 bits per heavy atom. The highest BCUT2D eigenvalue weighted by atomic mass is 16.5. The molecule has 0 radical (unpaired) electrons. The summed E-state index contributed by atoms with van der Waals surface area (Å²) in [6, 6.07) is 1.47. The molecule has 4 unspecified atom stereocenters. The highest BCUT2D eigenvalue weighted by molar-refractivity contribution is 4.94. The van der Waals surface area contributed by atoms with Crippen LogP contribution in [-0.2, 0) is 4.74 Å². The molecule has 4 nitrogen and oxygen atoms in total. The Hall–Kier alpha value is -0.160. The molecule has 1 heterocycles. The average Bonchev–Trinajstić information content (AvgIpc) is 3.04. The maximum Gasteiger partial charge on any atom is 0.0585 e. The summed E-state index contributed by atoms with van der Waals surface area (Å²) >= 11 is 0. The fraction of sp³-hybridized carbons (Fsp3) is 1.00. The molecular weight excluding hydrogens is 228 g/mol. The van der Waals surface area contributed by atoms with Gasteiger partial charge >= 0.3 is 0 Å². The zero-order chi connectivity index (χ0) is 12.8. The molecule has 0 bridgehead atoms. The minimum absolute atomic E-state index is 0.192.